The Morgan fingerprint density at radius 3 is 3.00 bits per heavy atom. The van der Waals surface area contributed by atoms with Crippen LogP contribution in [-0.2, 0) is 0 Å². The van der Waals surface area contributed by atoms with Crippen LogP contribution in [0.1, 0.15) is 17.4 Å². The van der Waals surface area contributed by atoms with Gasteiger partial charge in [-0.2, -0.15) is 0 Å². The summed E-state index contributed by atoms with van der Waals surface area (Å²) in [5.74, 6) is 2.13. The third-order valence-electron chi connectivity index (χ3n) is 2.66. The maximum atomic E-state index is 12.6. The van der Waals surface area contributed by atoms with Crippen molar-refractivity contribution in [1.29, 1.82) is 0 Å². The predicted molar refractivity (Wildman–Crippen MR) is 48.5 cm³/mol. The molecule has 2 heterocycles. The summed E-state index contributed by atoms with van der Waals surface area (Å²) in [6, 6.07) is 3.89. The summed E-state index contributed by atoms with van der Waals surface area (Å²) in [6.45, 7) is 3.25. The van der Waals surface area contributed by atoms with Gasteiger partial charge in [0.2, 0.25) is 0 Å². The molecule has 0 spiro atoms. The maximum absolute atomic E-state index is 12.6. The van der Waals surface area contributed by atoms with Crippen molar-refractivity contribution in [2.45, 2.75) is 12.8 Å². The fourth-order valence-corrected chi connectivity index (χ4v) is 1.88. The summed E-state index contributed by atoms with van der Waals surface area (Å²) < 4.78 is 18.1. The summed E-state index contributed by atoms with van der Waals surface area (Å²) in [7, 11) is 0. The topological polar surface area (TPSA) is 25.2 Å². The van der Waals surface area contributed by atoms with Crippen molar-refractivity contribution < 1.29 is 8.81 Å². The molecule has 1 aliphatic heterocycles. The molecular formula is C10H14FNO. The number of nitrogens with one attached hydrogen (secondary N) is 1. The van der Waals surface area contributed by atoms with Crippen LogP contribution in [0, 0.1) is 12.8 Å². The van der Waals surface area contributed by atoms with Crippen molar-refractivity contribution in [3.63, 3.8) is 0 Å². The van der Waals surface area contributed by atoms with Crippen LogP contribution in [0.5, 0.6) is 0 Å². The molecule has 1 aliphatic rings. The second-order valence-electron chi connectivity index (χ2n) is 3.63. The maximum Gasteiger partial charge on any atom is 0.108 e. The molecule has 1 fully saturated rings. The van der Waals surface area contributed by atoms with Crippen molar-refractivity contribution >= 4 is 0 Å². The van der Waals surface area contributed by atoms with Crippen molar-refractivity contribution in [1.82, 2.24) is 5.32 Å². The first-order valence-corrected chi connectivity index (χ1v) is 4.64. The number of rotatable bonds is 2. The van der Waals surface area contributed by atoms with Crippen molar-refractivity contribution in [3.05, 3.63) is 23.7 Å². The molecule has 1 aromatic rings. The van der Waals surface area contributed by atoms with Gasteiger partial charge in [-0.25, -0.2) is 0 Å². The third kappa shape index (κ3) is 1.61. The summed E-state index contributed by atoms with van der Waals surface area (Å²) in [6.07, 6.45) is 0. The Morgan fingerprint density at radius 1 is 1.54 bits per heavy atom. The van der Waals surface area contributed by atoms with Crippen molar-refractivity contribution in [2.24, 2.45) is 5.92 Å². The first-order valence-electron chi connectivity index (χ1n) is 4.64. The molecule has 0 amide bonds. The van der Waals surface area contributed by atoms with Gasteiger partial charge in [-0.05, 0) is 19.1 Å². The number of aryl methyl sites for hydroxylation is 1. The van der Waals surface area contributed by atoms with E-state index in [0.29, 0.717) is 0 Å². The van der Waals surface area contributed by atoms with Gasteiger partial charge < -0.3 is 9.73 Å². The van der Waals surface area contributed by atoms with E-state index in [1.54, 1.807) is 0 Å². The molecule has 13 heavy (non-hydrogen) atoms. The van der Waals surface area contributed by atoms with E-state index in [1.165, 1.54) is 0 Å². The molecule has 1 saturated heterocycles. The number of furan rings is 1. The lowest BCUT2D eigenvalue weighted by atomic mass is 9.95. The lowest BCUT2D eigenvalue weighted by Crippen LogP contribution is -2.12. The molecule has 0 radical (unpaired) electrons. The molecule has 1 aromatic heterocycles. The fourth-order valence-electron chi connectivity index (χ4n) is 1.88. The van der Waals surface area contributed by atoms with E-state index in [4.69, 9.17) is 4.42 Å². The zero-order valence-corrected chi connectivity index (χ0v) is 7.72. The van der Waals surface area contributed by atoms with Crippen molar-refractivity contribution in [3.8, 4) is 0 Å². The van der Waals surface area contributed by atoms with Gasteiger partial charge >= 0.3 is 0 Å². The van der Waals surface area contributed by atoms with E-state index in [1.807, 2.05) is 19.1 Å². The van der Waals surface area contributed by atoms with E-state index in [-0.39, 0.29) is 18.5 Å². The Kier molecular flexibility index (Phi) is 2.36. The molecule has 2 unspecified atom stereocenters. The summed E-state index contributed by atoms with van der Waals surface area (Å²) >= 11 is 0. The van der Waals surface area contributed by atoms with Crippen LogP contribution in [-0.4, -0.2) is 19.8 Å². The second-order valence-corrected chi connectivity index (χ2v) is 3.63. The molecule has 0 aliphatic carbocycles. The normalized spacial score (nSPS) is 28.2. The Labute approximate surface area is 77.1 Å². The highest BCUT2D eigenvalue weighted by molar-refractivity contribution is 5.13. The SMILES string of the molecule is Cc1ccc(C2CNCC2CF)o1. The van der Waals surface area contributed by atoms with E-state index >= 15 is 0 Å². The highest BCUT2D eigenvalue weighted by atomic mass is 19.1. The number of hydrogen-bond acceptors (Lipinski definition) is 2. The minimum absolute atomic E-state index is 0.0885. The van der Waals surface area contributed by atoms with Gasteiger partial charge in [0, 0.05) is 24.9 Å². The number of alkyl halides is 1. The minimum Gasteiger partial charge on any atom is -0.466 e. The van der Waals surface area contributed by atoms with Crippen LogP contribution in [0.3, 0.4) is 0 Å². The van der Waals surface area contributed by atoms with Crippen LogP contribution in [0.15, 0.2) is 16.5 Å². The summed E-state index contributed by atoms with van der Waals surface area (Å²) in [5, 5.41) is 3.18. The molecule has 2 atom stereocenters. The summed E-state index contributed by atoms with van der Waals surface area (Å²) in [4.78, 5) is 0. The van der Waals surface area contributed by atoms with Crippen LogP contribution in [0.4, 0.5) is 4.39 Å². The van der Waals surface area contributed by atoms with Crippen LogP contribution < -0.4 is 5.32 Å². The largest absolute Gasteiger partial charge is 0.466 e. The van der Waals surface area contributed by atoms with Crippen LogP contribution in [0.25, 0.3) is 0 Å². The molecule has 1 N–H and O–H groups in total. The smallest absolute Gasteiger partial charge is 0.108 e. The van der Waals surface area contributed by atoms with E-state index < -0.39 is 0 Å². The summed E-state index contributed by atoms with van der Waals surface area (Å²) in [5.41, 5.74) is 0. The molecule has 2 nitrogen and oxygen atoms in total. The van der Waals surface area contributed by atoms with Gasteiger partial charge in [-0.15, -0.1) is 0 Å². The zero-order chi connectivity index (χ0) is 9.26. The van der Waals surface area contributed by atoms with Gasteiger partial charge in [0.1, 0.15) is 11.5 Å². The van der Waals surface area contributed by atoms with Crippen LogP contribution in [0.2, 0.25) is 0 Å². The molecular weight excluding hydrogens is 169 g/mol. The standard InChI is InChI=1S/C10H14FNO/c1-7-2-3-10(13-7)9-6-12-5-8(9)4-11/h2-3,8-9,12H,4-6H2,1H3. The zero-order valence-electron chi connectivity index (χ0n) is 7.72. The van der Waals surface area contributed by atoms with Crippen LogP contribution >= 0.6 is 0 Å². The van der Waals surface area contributed by atoms with Gasteiger partial charge in [0.25, 0.3) is 0 Å². The first-order chi connectivity index (χ1) is 6.31. The Balaban J connectivity index is 2.15. The monoisotopic (exact) mass is 183 g/mol. The second kappa shape index (κ2) is 3.50. The molecule has 3 heteroatoms. The average Bonchev–Trinajstić information content (AvgIpc) is 2.71. The van der Waals surface area contributed by atoms with E-state index in [0.717, 1.165) is 24.6 Å². The molecule has 0 bridgehead atoms. The minimum atomic E-state index is -0.266. The quantitative estimate of drug-likeness (QED) is 0.757. The number of halogens is 1. The lowest BCUT2D eigenvalue weighted by Gasteiger charge is -2.11. The van der Waals surface area contributed by atoms with E-state index in [9.17, 15) is 4.39 Å². The van der Waals surface area contributed by atoms with E-state index in [2.05, 4.69) is 5.32 Å². The Hall–Kier alpha value is -0.830. The number of hydrogen-bond donors (Lipinski definition) is 1. The lowest BCUT2D eigenvalue weighted by molar-refractivity contribution is 0.328. The highest BCUT2D eigenvalue weighted by Crippen LogP contribution is 2.29. The third-order valence-corrected chi connectivity index (χ3v) is 2.66. The molecule has 0 aromatic carbocycles. The van der Waals surface area contributed by atoms with Gasteiger partial charge in [0.15, 0.2) is 0 Å². The molecule has 72 valence electrons. The first kappa shape index (κ1) is 8.75. The highest BCUT2D eigenvalue weighted by Gasteiger charge is 2.30. The fraction of sp³-hybridized carbons (Fsp3) is 0.600. The predicted octanol–water partition coefficient (Wildman–Crippen LogP) is 1.86. The van der Waals surface area contributed by atoms with Gasteiger partial charge in [-0.3, -0.25) is 4.39 Å². The van der Waals surface area contributed by atoms with Gasteiger partial charge in [0.05, 0.1) is 6.67 Å². The van der Waals surface area contributed by atoms with Gasteiger partial charge in [-0.1, -0.05) is 0 Å². The molecule has 0 saturated carbocycles. The average molecular weight is 183 g/mol. The Morgan fingerprint density at radius 2 is 2.38 bits per heavy atom. The van der Waals surface area contributed by atoms with Crippen molar-refractivity contribution in [2.75, 3.05) is 19.8 Å². The molecule has 2 rings (SSSR count). The Bertz CT molecular complexity index is 284.